The van der Waals surface area contributed by atoms with Gasteiger partial charge in [-0.25, -0.2) is 0 Å². The number of hydrogen-bond donors (Lipinski definition) is 1. The summed E-state index contributed by atoms with van der Waals surface area (Å²) >= 11 is 8.00. The number of halogens is 1. The monoisotopic (exact) mass is 313 g/mol. The van der Waals surface area contributed by atoms with Gasteiger partial charge in [0.05, 0.1) is 0 Å². The molecule has 0 radical (unpaired) electrons. The Hall–Kier alpha value is -0.180. The fourth-order valence-electron chi connectivity index (χ4n) is 2.33. The predicted molar refractivity (Wildman–Crippen MR) is 94.0 cm³/mol. The van der Waals surface area contributed by atoms with Crippen LogP contribution in [0, 0.1) is 5.92 Å². The van der Waals surface area contributed by atoms with Crippen LogP contribution in [0.2, 0.25) is 5.02 Å². The Balaban J connectivity index is 2.41. The van der Waals surface area contributed by atoms with Crippen molar-refractivity contribution in [2.75, 3.05) is 24.6 Å². The third kappa shape index (κ3) is 8.18. The topological polar surface area (TPSA) is 12.0 Å². The van der Waals surface area contributed by atoms with Crippen molar-refractivity contribution in [2.24, 2.45) is 5.92 Å². The largest absolute Gasteiger partial charge is 0.316 e. The lowest BCUT2D eigenvalue weighted by Crippen LogP contribution is -2.25. The molecule has 1 rings (SSSR count). The van der Waals surface area contributed by atoms with Crippen LogP contribution in [0.1, 0.15) is 38.7 Å². The zero-order valence-corrected chi connectivity index (χ0v) is 14.4. The Kier molecular flexibility index (Phi) is 10.3. The average molecular weight is 314 g/mol. The van der Waals surface area contributed by atoms with E-state index in [1.807, 2.05) is 23.9 Å². The van der Waals surface area contributed by atoms with E-state index in [4.69, 9.17) is 11.6 Å². The van der Waals surface area contributed by atoms with Crippen LogP contribution in [0.3, 0.4) is 0 Å². The predicted octanol–water partition coefficient (Wildman–Crippen LogP) is 5.03. The zero-order chi connectivity index (χ0) is 14.6. The van der Waals surface area contributed by atoms with Crippen molar-refractivity contribution in [3.05, 3.63) is 34.9 Å². The molecule has 0 spiro atoms. The number of thioether (sulfide) groups is 1. The number of nitrogens with one attached hydrogen (secondary N) is 1. The first-order valence-corrected chi connectivity index (χ1v) is 9.32. The molecular weight excluding hydrogens is 286 g/mol. The molecule has 3 heteroatoms. The molecule has 1 aromatic rings. The molecule has 1 aromatic carbocycles. The molecular formula is C17H28ClNS. The summed E-state index contributed by atoms with van der Waals surface area (Å²) in [5.74, 6) is 3.26. The summed E-state index contributed by atoms with van der Waals surface area (Å²) in [7, 11) is 0. The minimum atomic E-state index is 0.736. The standard InChI is InChI=1S/C17H28ClNS/c1-3-11-19-14-16(6-5-12-20-4-2)13-15-7-9-17(18)10-8-15/h7-10,16,19H,3-6,11-14H2,1-2H3. The van der Waals surface area contributed by atoms with Gasteiger partial charge in [0.2, 0.25) is 0 Å². The zero-order valence-electron chi connectivity index (χ0n) is 12.8. The van der Waals surface area contributed by atoms with Gasteiger partial charge in [0.1, 0.15) is 0 Å². The van der Waals surface area contributed by atoms with Crippen molar-refractivity contribution < 1.29 is 0 Å². The lowest BCUT2D eigenvalue weighted by molar-refractivity contribution is 0.440. The second-order valence-electron chi connectivity index (χ2n) is 5.24. The molecule has 1 nitrogen and oxygen atoms in total. The summed E-state index contributed by atoms with van der Waals surface area (Å²) in [4.78, 5) is 0. The lowest BCUT2D eigenvalue weighted by atomic mass is 9.95. The maximum Gasteiger partial charge on any atom is 0.0406 e. The van der Waals surface area contributed by atoms with Crippen molar-refractivity contribution in [1.82, 2.24) is 5.32 Å². The van der Waals surface area contributed by atoms with Gasteiger partial charge < -0.3 is 5.32 Å². The van der Waals surface area contributed by atoms with Crippen molar-refractivity contribution in [1.29, 1.82) is 0 Å². The van der Waals surface area contributed by atoms with Gasteiger partial charge >= 0.3 is 0 Å². The van der Waals surface area contributed by atoms with Gasteiger partial charge in [0.25, 0.3) is 0 Å². The molecule has 114 valence electrons. The van der Waals surface area contributed by atoms with Gasteiger partial charge in [-0.15, -0.1) is 0 Å². The Labute approximate surface area is 133 Å². The van der Waals surface area contributed by atoms with Crippen molar-refractivity contribution in [3.63, 3.8) is 0 Å². The van der Waals surface area contributed by atoms with Crippen molar-refractivity contribution in [3.8, 4) is 0 Å². The summed E-state index contributed by atoms with van der Waals surface area (Å²) in [5.41, 5.74) is 1.40. The molecule has 0 bridgehead atoms. The van der Waals surface area contributed by atoms with E-state index in [2.05, 4.69) is 31.3 Å². The molecule has 20 heavy (non-hydrogen) atoms. The number of rotatable bonds is 11. The van der Waals surface area contributed by atoms with Crippen LogP contribution in [-0.4, -0.2) is 24.6 Å². The van der Waals surface area contributed by atoms with E-state index in [0.717, 1.165) is 30.5 Å². The molecule has 0 aliphatic carbocycles. The van der Waals surface area contributed by atoms with Crippen molar-refractivity contribution >= 4 is 23.4 Å². The van der Waals surface area contributed by atoms with Gasteiger partial charge in [-0.05, 0) is 73.9 Å². The molecule has 0 fully saturated rings. The summed E-state index contributed by atoms with van der Waals surface area (Å²) in [6.07, 6.45) is 5.00. The second kappa shape index (κ2) is 11.5. The van der Waals surface area contributed by atoms with E-state index in [-0.39, 0.29) is 0 Å². The molecule has 0 saturated heterocycles. The molecule has 0 aliphatic heterocycles. The highest BCUT2D eigenvalue weighted by atomic mass is 35.5. The first kappa shape index (κ1) is 17.9. The van der Waals surface area contributed by atoms with Gasteiger partial charge in [-0.2, -0.15) is 11.8 Å². The molecule has 0 aromatic heterocycles. The van der Waals surface area contributed by atoms with E-state index < -0.39 is 0 Å². The van der Waals surface area contributed by atoms with Gasteiger partial charge in [0, 0.05) is 5.02 Å². The highest BCUT2D eigenvalue weighted by Gasteiger charge is 2.09. The van der Waals surface area contributed by atoms with E-state index in [1.54, 1.807) is 0 Å². The van der Waals surface area contributed by atoms with Gasteiger partial charge in [0.15, 0.2) is 0 Å². The van der Waals surface area contributed by atoms with Crippen LogP contribution in [0.25, 0.3) is 0 Å². The first-order valence-electron chi connectivity index (χ1n) is 7.79. The lowest BCUT2D eigenvalue weighted by Gasteiger charge is -2.18. The summed E-state index contributed by atoms with van der Waals surface area (Å²) < 4.78 is 0. The number of benzene rings is 1. The molecule has 0 aliphatic rings. The highest BCUT2D eigenvalue weighted by molar-refractivity contribution is 7.99. The quantitative estimate of drug-likeness (QED) is 0.575. The summed E-state index contributed by atoms with van der Waals surface area (Å²) in [5, 5.41) is 4.40. The normalized spacial score (nSPS) is 12.6. The molecule has 0 amide bonds. The number of hydrogen-bond acceptors (Lipinski definition) is 2. The van der Waals surface area contributed by atoms with Gasteiger partial charge in [-0.1, -0.05) is 37.6 Å². The van der Waals surface area contributed by atoms with Crippen LogP contribution >= 0.6 is 23.4 Å². The van der Waals surface area contributed by atoms with Crippen LogP contribution in [-0.2, 0) is 6.42 Å². The molecule has 0 heterocycles. The van der Waals surface area contributed by atoms with Crippen LogP contribution in [0.15, 0.2) is 24.3 Å². The molecule has 0 saturated carbocycles. The molecule has 1 N–H and O–H groups in total. The van der Waals surface area contributed by atoms with E-state index in [9.17, 15) is 0 Å². The van der Waals surface area contributed by atoms with Crippen LogP contribution in [0.5, 0.6) is 0 Å². The minimum Gasteiger partial charge on any atom is -0.316 e. The Bertz CT molecular complexity index is 339. The Morgan fingerprint density at radius 2 is 1.95 bits per heavy atom. The third-order valence-corrected chi connectivity index (χ3v) is 4.64. The average Bonchev–Trinajstić information content (AvgIpc) is 2.46. The molecule has 1 unspecified atom stereocenters. The SMILES string of the molecule is CCCNCC(CCCSCC)Cc1ccc(Cl)cc1. The van der Waals surface area contributed by atoms with Gasteiger partial charge in [-0.3, -0.25) is 0 Å². The minimum absolute atomic E-state index is 0.736. The van der Waals surface area contributed by atoms with Crippen LogP contribution in [0.4, 0.5) is 0 Å². The van der Waals surface area contributed by atoms with Crippen LogP contribution < -0.4 is 5.32 Å². The fourth-order valence-corrected chi connectivity index (χ4v) is 3.12. The first-order chi connectivity index (χ1) is 9.76. The Morgan fingerprint density at radius 3 is 2.60 bits per heavy atom. The molecule has 1 atom stereocenters. The van der Waals surface area contributed by atoms with E-state index >= 15 is 0 Å². The Morgan fingerprint density at radius 1 is 1.20 bits per heavy atom. The van der Waals surface area contributed by atoms with E-state index in [0.29, 0.717) is 0 Å². The fraction of sp³-hybridized carbons (Fsp3) is 0.647. The summed E-state index contributed by atoms with van der Waals surface area (Å²) in [6, 6.07) is 8.33. The smallest absolute Gasteiger partial charge is 0.0406 e. The third-order valence-electron chi connectivity index (χ3n) is 3.40. The second-order valence-corrected chi connectivity index (χ2v) is 7.07. The maximum atomic E-state index is 5.95. The summed E-state index contributed by atoms with van der Waals surface area (Å²) in [6.45, 7) is 6.71. The maximum absolute atomic E-state index is 5.95. The van der Waals surface area contributed by atoms with Crippen molar-refractivity contribution in [2.45, 2.75) is 39.5 Å². The highest BCUT2D eigenvalue weighted by Crippen LogP contribution is 2.17. The van der Waals surface area contributed by atoms with E-state index in [1.165, 1.54) is 36.3 Å².